The molecule has 142 valence electrons. The zero-order valence-electron chi connectivity index (χ0n) is 14.4. The van der Waals surface area contributed by atoms with Gasteiger partial charge >= 0.3 is 12.3 Å². The summed E-state index contributed by atoms with van der Waals surface area (Å²) in [4.78, 5) is 11.7. The standard InChI is InChI=1S/C19H15F3O5/c1-24-12-26-17-11-14(7-10-16(17)18(23)25-2)4-3-13-5-8-15(9-6-13)27-19(20,21)22/h5-11H,12H2,1-2H3. The van der Waals surface area contributed by atoms with E-state index in [1.54, 1.807) is 12.1 Å². The number of esters is 1. The van der Waals surface area contributed by atoms with Crippen molar-refractivity contribution in [2.75, 3.05) is 21.0 Å². The highest BCUT2D eigenvalue weighted by atomic mass is 19.4. The maximum atomic E-state index is 12.1. The molecular weight excluding hydrogens is 365 g/mol. The zero-order chi connectivity index (χ0) is 19.9. The van der Waals surface area contributed by atoms with Crippen LogP contribution in [0.15, 0.2) is 42.5 Å². The Morgan fingerprint density at radius 1 is 1.00 bits per heavy atom. The lowest BCUT2D eigenvalue weighted by atomic mass is 10.1. The van der Waals surface area contributed by atoms with Crippen LogP contribution in [0.1, 0.15) is 21.5 Å². The summed E-state index contributed by atoms with van der Waals surface area (Å²) in [7, 11) is 2.69. The average Bonchev–Trinajstić information content (AvgIpc) is 2.64. The first kappa shape index (κ1) is 20.1. The molecule has 0 bridgehead atoms. The first-order chi connectivity index (χ1) is 12.8. The van der Waals surface area contributed by atoms with Crippen LogP contribution in [0.2, 0.25) is 0 Å². The number of carbonyl (C=O) groups excluding carboxylic acids is 1. The number of rotatable bonds is 5. The van der Waals surface area contributed by atoms with Gasteiger partial charge in [0.1, 0.15) is 17.1 Å². The van der Waals surface area contributed by atoms with E-state index in [1.165, 1.54) is 44.6 Å². The van der Waals surface area contributed by atoms with E-state index in [9.17, 15) is 18.0 Å². The van der Waals surface area contributed by atoms with Gasteiger partial charge in [0.25, 0.3) is 0 Å². The first-order valence-electron chi connectivity index (χ1n) is 7.54. The van der Waals surface area contributed by atoms with E-state index in [0.717, 1.165) is 0 Å². The average molecular weight is 380 g/mol. The van der Waals surface area contributed by atoms with E-state index in [1.807, 2.05) is 0 Å². The van der Waals surface area contributed by atoms with Crippen LogP contribution in [0.3, 0.4) is 0 Å². The normalized spacial score (nSPS) is 10.6. The fraction of sp³-hybridized carbons (Fsp3) is 0.211. The molecule has 0 atom stereocenters. The van der Waals surface area contributed by atoms with Crippen molar-refractivity contribution in [2.45, 2.75) is 6.36 Å². The molecule has 0 radical (unpaired) electrons. The fourth-order valence-corrected chi connectivity index (χ4v) is 2.00. The summed E-state index contributed by atoms with van der Waals surface area (Å²) in [5.74, 6) is 4.99. The van der Waals surface area contributed by atoms with E-state index in [-0.39, 0.29) is 23.9 Å². The molecule has 0 fully saturated rings. The summed E-state index contributed by atoms with van der Waals surface area (Å²) < 4.78 is 55.1. The van der Waals surface area contributed by atoms with Crippen molar-refractivity contribution in [3.05, 3.63) is 59.2 Å². The zero-order valence-corrected chi connectivity index (χ0v) is 14.4. The van der Waals surface area contributed by atoms with Gasteiger partial charge in [-0.2, -0.15) is 0 Å². The maximum Gasteiger partial charge on any atom is 0.573 e. The summed E-state index contributed by atoms with van der Waals surface area (Å²) in [6.45, 7) is -0.0679. The molecule has 0 aromatic heterocycles. The van der Waals surface area contributed by atoms with Crippen molar-refractivity contribution in [3.8, 4) is 23.3 Å². The van der Waals surface area contributed by atoms with E-state index in [0.29, 0.717) is 11.1 Å². The predicted molar refractivity (Wildman–Crippen MR) is 89.4 cm³/mol. The second kappa shape index (κ2) is 8.96. The molecule has 0 saturated heterocycles. The summed E-state index contributed by atoms with van der Waals surface area (Å²) in [6.07, 6.45) is -4.74. The molecule has 0 saturated carbocycles. The minimum Gasteiger partial charge on any atom is -0.467 e. The third-order valence-corrected chi connectivity index (χ3v) is 3.16. The van der Waals surface area contributed by atoms with Gasteiger partial charge in [0.2, 0.25) is 0 Å². The van der Waals surface area contributed by atoms with E-state index in [2.05, 4.69) is 21.3 Å². The Labute approximate surface area is 153 Å². The van der Waals surface area contributed by atoms with Crippen molar-refractivity contribution in [2.24, 2.45) is 0 Å². The quantitative estimate of drug-likeness (QED) is 0.449. The molecule has 0 unspecified atom stereocenters. The van der Waals surface area contributed by atoms with Crippen LogP contribution in [0.25, 0.3) is 0 Å². The predicted octanol–water partition coefficient (Wildman–Crippen LogP) is 3.75. The molecular formula is C19H15F3O5. The molecule has 0 N–H and O–H groups in total. The highest BCUT2D eigenvalue weighted by Gasteiger charge is 2.30. The number of alkyl halides is 3. The third-order valence-electron chi connectivity index (χ3n) is 3.16. The number of halogens is 3. The van der Waals surface area contributed by atoms with Gasteiger partial charge in [0.05, 0.1) is 7.11 Å². The van der Waals surface area contributed by atoms with Gasteiger partial charge in [-0.25, -0.2) is 4.79 Å². The second-order valence-electron chi connectivity index (χ2n) is 5.08. The summed E-state index contributed by atoms with van der Waals surface area (Å²) in [5.41, 5.74) is 1.24. The molecule has 8 heteroatoms. The van der Waals surface area contributed by atoms with Crippen LogP contribution in [-0.2, 0) is 9.47 Å². The molecule has 2 rings (SSSR count). The molecule has 2 aromatic carbocycles. The van der Waals surface area contributed by atoms with E-state index in [4.69, 9.17) is 9.47 Å². The topological polar surface area (TPSA) is 54.0 Å². The Morgan fingerprint density at radius 2 is 1.63 bits per heavy atom. The number of hydrogen-bond donors (Lipinski definition) is 0. The molecule has 0 spiro atoms. The van der Waals surface area contributed by atoms with Gasteiger partial charge in [-0.05, 0) is 42.5 Å². The number of methoxy groups -OCH3 is 2. The molecule has 27 heavy (non-hydrogen) atoms. The van der Waals surface area contributed by atoms with Gasteiger partial charge in [0.15, 0.2) is 6.79 Å². The lowest BCUT2D eigenvalue weighted by Gasteiger charge is -2.09. The van der Waals surface area contributed by atoms with Gasteiger partial charge in [-0.1, -0.05) is 11.8 Å². The highest BCUT2D eigenvalue weighted by Crippen LogP contribution is 2.23. The van der Waals surface area contributed by atoms with Crippen molar-refractivity contribution >= 4 is 5.97 Å². The van der Waals surface area contributed by atoms with Gasteiger partial charge in [0, 0.05) is 18.2 Å². The number of carbonyl (C=O) groups is 1. The number of hydrogen-bond acceptors (Lipinski definition) is 5. The van der Waals surface area contributed by atoms with Crippen LogP contribution >= 0.6 is 0 Å². The molecule has 0 aliphatic heterocycles. The molecule has 0 aliphatic rings. The summed E-state index contributed by atoms with van der Waals surface area (Å²) in [6, 6.07) is 9.79. The molecule has 0 heterocycles. The van der Waals surface area contributed by atoms with Crippen LogP contribution in [0.5, 0.6) is 11.5 Å². The molecule has 5 nitrogen and oxygen atoms in total. The monoisotopic (exact) mass is 380 g/mol. The molecule has 0 aliphatic carbocycles. The Kier molecular flexibility index (Phi) is 6.68. The van der Waals surface area contributed by atoms with Gasteiger partial charge < -0.3 is 18.9 Å². The lowest BCUT2D eigenvalue weighted by Crippen LogP contribution is -2.16. The fourth-order valence-electron chi connectivity index (χ4n) is 2.00. The molecule has 0 amide bonds. The minimum absolute atomic E-state index is 0.0679. The SMILES string of the molecule is COCOc1cc(C#Cc2ccc(OC(F)(F)F)cc2)ccc1C(=O)OC. The largest absolute Gasteiger partial charge is 0.573 e. The highest BCUT2D eigenvalue weighted by molar-refractivity contribution is 5.92. The van der Waals surface area contributed by atoms with Gasteiger partial charge in [-0.15, -0.1) is 13.2 Å². The van der Waals surface area contributed by atoms with Crippen molar-refractivity contribution in [3.63, 3.8) is 0 Å². The number of ether oxygens (including phenoxy) is 4. The Hall–Kier alpha value is -3.18. The Balaban J connectivity index is 2.21. The molecule has 2 aromatic rings. The van der Waals surface area contributed by atoms with E-state index < -0.39 is 12.3 Å². The van der Waals surface area contributed by atoms with Crippen LogP contribution in [0, 0.1) is 11.8 Å². The maximum absolute atomic E-state index is 12.1. The van der Waals surface area contributed by atoms with Crippen LogP contribution in [-0.4, -0.2) is 33.3 Å². The van der Waals surface area contributed by atoms with Crippen molar-refractivity contribution in [1.29, 1.82) is 0 Å². The summed E-state index contributed by atoms with van der Waals surface area (Å²) >= 11 is 0. The van der Waals surface area contributed by atoms with Crippen LogP contribution < -0.4 is 9.47 Å². The van der Waals surface area contributed by atoms with E-state index >= 15 is 0 Å². The number of benzene rings is 2. The summed E-state index contributed by atoms with van der Waals surface area (Å²) in [5, 5.41) is 0. The van der Waals surface area contributed by atoms with Crippen molar-refractivity contribution < 1.29 is 36.9 Å². The Morgan fingerprint density at radius 3 is 2.22 bits per heavy atom. The second-order valence-corrected chi connectivity index (χ2v) is 5.08. The minimum atomic E-state index is -4.74. The first-order valence-corrected chi connectivity index (χ1v) is 7.54. The lowest BCUT2D eigenvalue weighted by molar-refractivity contribution is -0.274. The Bertz CT molecular complexity index is 848. The van der Waals surface area contributed by atoms with Crippen molar-refractivity contribution in [1.82, 2.24) is 0 Å². The van der Waals surface area contributed by atoms with Gasteiger partial charge in [-0.3, -0.25) is 0 Å². The third kappa shape index (κ3) is 6.24. The van der Waals surface area contributed by atoms with Crippen LogP contribution in [0.4, 0.5) is 13.2 Å². The smallest absolute Gasteiger partial charge is 0.467 e.